The van der Waals surface area contributed by atoms with Crippen molar-refractivity contribution in [2.45, 2.75) is 13.3 Å². The summed E-state index contributed by atoms with van der Waals surface area (Å²) in [4.78, 5) is 0. The summed E-state index contributed by atoms with van der Waals surface area (Å²) in [6.07, 6.45) is 0.730. The summed E-state index contributed by atoms with van der Waals surface area (Å²) < 4.78 is 27.0. The first-order chi connectivity index (χ1) is 6.24. The quantitative estimate of drug-likeness (QED) is 0.654. The van der Waals surface area contributed by atoms with Gasteiger partial charge in [-0.25, -0.2) is 8.78 Å². The molecule has 0 N–H and O–H groups in total. The van der Waals surface area contributed by atoms with Crippen LogP contribution in [-0.4, -0.2) is 0 Å². The summed E-state index contributed by atoms with van der Waals surface area (Å²) >= 11 is 1.45. The molecule has 0 aliphatic heterocycles. The number of fused-ring (bicyclic) bond motifs is 1. The van der Waals surface area contributed by atoms with Gasteiger partial charge in [-0.1, -0.05) is 6.92 Å². The van der Waals surface area contributed by atoms with Gasteiger partial charge in [0.25, 0.3) is 0 Å². The van der Waals surface area contributed by atoms with Crippen molar-refractivity contribution < 1.29 is 8.78 Å². The van der Waals surface area contributed by atoms with Crippen molar-refractivity contribution in [2.24, 2.45) is 0 Å². The lowest BCUT2D eigenvalue weighted by Gasteiger charge is -2.01. The first kappa shape index (κ1) is 8.63. The third-order valence-electron chi connectivity index (χ3n) is 2.08. The van der Waals surface area contributed by atoms with Gasteiger partial charge in [0.15, 0.2) is 11.6 Å². The Kier molecular flexibility index (Phi) is 2.04. The fourth-order valence-electron chi connectivity index (χ4n) is 1.40. The van der Waals surface area contributed by atoms with Gasteiger partial charge in [-0.05, 0) is 29.5 Å². The van der Waals surface area contributed by atoms with Gasteiger partial charge in [0.05, 0.1) is 0 Å². The molecule has 0 unspecified atom stereocenters. The molecule has 1 heterocycles. The van der Waals surface area contributed by atoms with Crippen molar-refractivity contribution in [2.75, 3.05) is 0 Å². The predicted octanol–water partition coefficient (Wildman–Crippen LogP) is 3.74. The van der Waals surface area contributed by atoms with E-state index in [1.165, 1.54) is 17.4 Å². The number of aryl methyl sites for hydroxylation is 1. The molecule has 0 aliphatic carbocycles. The average molecular weight is 198 g/mol. The lowest BCUT2D eigenvalue weighted by molar-refractivity contribution is 0.516. The molecular formula is C10H8F2S. The highest BCUT2D eigenvalue weighted by Crippen LogP contribution is 2.29. The maximum atomic E-state index is 13.2. The van der Waals surface area contributed by atoms with Gasteiger partial charge in [0.1, 0.15) is 0 Å². The Balaban J connectivity index is 2.87. The van der Waals surface area contributed by atoms with Crippen LogP contribution in [0, 0.1) is 11.6 Å². The Morgan fingerprint density at radius 2 is 2.15 bits per heavy atom. The van der Waals surface area contributed by atoms with E-state index in [1.807, 2.05) is 6.92 Å². The zero-order chi connectivity index (χ0) is 9.42. The standard InChI is InChI=1S/C10H8F2S/c1-2-6-5-8(11)9(12)7-3-4-13-10(6)7/h3-5H,2H2,1H3. The average Bonchev–Trinajstić information content (AvgIpc) is 2.60. The summed E-state index contributed by atoms with van der Waals surface area (Å²) in [6, 6.07) is 2.91. The van der Waals surface area contributed by atoms with Crippen molar-refractivity contribution in [3.8, 4) is 0 Å². The van der Waals surface area contributed by atoms with Crippen LogP contribution in [0.4, 0.5) is 8.78 Å². The molecule has 0 saturated carbocycles. The Bertz CT molecular complexity index is 445. The Hall–Kier alpha value is -0.960. The smallest absolute Gasteiger partial charge is 0.167 e. The van der Waals surface area contributed by atoms with Crippen molar-refractivity contribution in [3.05, 3.63) is 34.7 Å². The molecule has 1 aromatic heterocycles. The van der Waals surface area contributed by atoms with Gasteiger partial charge in [0.2, 0.25) is 0 Å². The number of halogens is 2. The maximum Gasteiger partial charge on any atom is 0.167 e. The van der Waals surface area contributed by atoms with Crippen LogP contribution in [0.1, 0.15) is 12.5 Å². The molecule has 0 radical (unpaired) electrons. The van der Waals surface area contributed by atoms with E-state index in [4.69, 9.17) is 0 Å². The molecule has 13 heavy (non-hydrogen) atoms. The maximum absolute atomic E-state index is 13.2. The van der Waals surface area contributed by atoms with E-state index in [9.17, 15) is 8.78 Å². The highest BCUT2D eigenvalue weighted by atomic mass is 32.1. The second kappa shape index (κ2) is 3.07. The minimum atomic E-state index is -0.747. The van der Waals surface area contributed by atoms with E-state index in [-0.39, 0.29) is 0 Å². The normalized spacial score (nSPS) is 11.0. The third-order valence-corrected chi connectivity index (χ3v) is 3.07. The van der Waals surface area contributed by atoms with Crippen LogP contribution in [-0.2, 0) is 6.42 Å². The third kappa shape index (κ3) is 1.23. The van der Waals surface area contributed by atoms with Gasteiger partial charge in [-0.2, -0.15) is 0 Å². The summed E-state index contributed by atoms with van der Waals surface area (Å²) in [5.41, 5.74) is 0.879. The minimum Gasteiger partial charge on any atom is -0.204 e. The number of benzene rings is 1. The van der Waals surface area contributed by atoms with Crippen molar-refractivity contribution in [1.82, 2.24) is 0 Å². The van der Waals surface area contributed by atoms with Crippen LogP contribution >= 0.6 is 11.3 Å². The van der Waals surface area contributed by atoms with Gasteiger partial charge in [-0.3, -0.25) is 0 Å². The largest absolute Gasteiger partial charge is 0.204 e. The molecule has 68 valence electrons. The number of thiophene rings is 1. The first-order valence-corrected chi connectivity index (χ1v) is 4.96. The summed E-state index contributed by atoms with van der Waals surface area (Å²) in [5, 5.41) is 2.19. The SMILES string of the molecule is CCc1cc(F)c(F)c2ccsc12. The molecule has 1 aromatic carbocycles. The molecule has 0 bridgehead atoms. The molecule has 0 saturated heterocycles. The van der Waals surface area contributed by atoms with E-state index in [0.29, 0.717) is 5.39 Å². The topological polar surface area (TPSA) is 0 Å². The lowest BCUT2D eigenvalue weighted by atomic mass is 10.1. The fraction of sp³-hybridized carbons (Fsp3) is 0.200. The minimum absolute atomic E-state index is 0.404. The summed E-state index contributed by atoms with van der Waals surface area (Å²) in [6.45, 7) is 1.94. The highest BCUT2D eigenvalue weighted by Gasteiger charge is 2.11. The lowest BCUT2D eigenvalue weighted by Crippen LogP contribution is -1.89. The molecule has 0 amide bonds. The molecule has 0 atom stereocenters. The number of hydrogen-bond donors (Lipinski definition) is 0. The molecule has 2 rings (SSSR count). The van der Waals surface area contributed by atoms with E-state index in [0.717, 1.165) is 16.7 Å². The second-order valence-corrected chi connectivity index (χ2v) is 3.76. The van der Waals surface area contributed by atoms with Gasteiger partial charge in [0, 0.05) is 10.1 Å². The van der Waals surface area contributed by atoms with Crippen LogP contribution in [0.2, 0.25) is 0 Å². The molecule has 0 fully saturated rings. The first-order valence-electron chi connectivity index (χ1n) is 4.08. The van der Waals surface area contributed by atoms with E-state index >= 15 is 0 Å². The van der Waals surface area contributed by atoms with Gasteiger partial charge >= 0.3 is 0 Å². The monoisotopic (exact) mass is 198 g/mol. The van der Waals surface area contributed by atoms with E-state index < -0.39 is 11.6 Å². The van der Waals surface area contributed by atoms with E-state index in [1.54, 1.807) is 11.4 Å². The molecule has 0 spiro atoms. The molecule has 0 nitrogen and oxygen atoms in total. The fourth-order valence-corrected chi connectivity index (χ4v) is 2.38. The van der Waals surface area contributed by atoms with Crippen molar-refractivity contribution in [1.29, 1.82) is 0 Å². The van der Waals surface area contributed by atoms with Crippen LogP contribution in [0.3, 0.4) is 0 Å². The molecule has 2 aromatic rings. The van der Waals surface area contributed by atoms with Crippen LogP contribution in [0.5, 0.6) is 0 Å². The van der Waals surface area contributed by atoms with Crippen LogP contribution < -0.4 is 0 Å². The van der Waals surface area contributed by atoms with Gasteiger partial charge in [-0.15, -0.1) is 11.3 Å². The van der Waals surface area contributed by atoms with Crippen LogP contribution in [0.25, 0.3) is 10.1 Å². The predicted molar refractivity (Wildman–Crippen MR) is 51.1 cm³/mol. The molecule has 0 aliphatic rings. The van der Waals surface area contributed by atoms with Crippen molar-refractivity contribution in [3.63, 3.8) is 0 Å². The van der Waals surface area contributed by atoms with Crippen molar-refractivity contribution >= 4 is 21.4 Å². The zero-order valence-corrected chi connectivity index (χ0v) is 7.92. The zero-order valence-electron chi connectivity index (χ0n) is 7.10. The highest BCUT2D eigenvalue weighted by molar-refractivity contribution is 7.17. The number of hydrogen-bond acceptors (Lipinski definition) is 1. The Morgan fingerprint density at radius 1 is 1.38 bits per heavy atom. The molecular weight excluding hydrogens is 190 g/mol. The number of rotatable bonds is 1. The van der Waals surface area contributed by atoms with E-state index in [2.05, 4.69) is 0 Å². The van der Waals surface area contributed by atoms with Gasteiger partial charge < -0.3 is 0 Å². The van der Waals surface area contributed by atoms with Crippen LogP contribution in [0.15, 0.2) is 17.5 Å². The summed E-state index contributed by atoms with van der Waals surface area (Å²) in [7, 11) is 0. The summed E-state index contributed by atoms with van der Waals surface area (Å²) in [5.74, 6) is -1.48. The molecule has 3 heteroatoms. The second-order valence-electron chi connectivity index (χ2n) is 2.85. The Morgan fingerprint density at radius 3 is 2.85 bits per heavy atom. The Labute approximate surface area is 78.8 Å².